The van der Waals surface area contributed by atoms with Gasteiger partial charge in [0.1, 0.15) is 0 Å². The Balaban J connectivity index is 0.000000664. The normalized spacial score (nSPS) is 10.2. The lowest BCUT2D eigenvalue weighted by molar-refractivity contribution is 0.538. The molecule has 0 radical (unpaired) electrons. The number of unbranched alkanes of at least 4 members (excludes halogenated alkanes) is 13. The van der Waals surface area contributed by atoms with Gasteiger partial charge in [-0.25, -0.2) is 0 Å². The van der Waals surface area contributed by atoms with Crippen LogP contribution in [-0.2, 0) is 0 Å². The number of rotatable bonds is 14. The molecule has 0 bridgehead atoms. The van der Waals surface area contributed by atoms with Gasteiger partial charge in [0.2, 0.25) is 0 Å². The standard InChI is InChI=1S/C16H33Cl.C5H5N/c1-2-3-4-5-6-7-8-9-10-11-12-13-14-15-16-17;1-2-4-6-5-3-1/h2-16H2,1H3;1-5H. The molecule has 0 amide bonds. The highest BCUT2D eigenvalue weighted by Gasteiger charge is 1.93. The Morgan fingerprint density at radius 3 is 1.22 bits per heavy atom. The first-order valence-corrected chi connectivity index (χ1v) is 10.4. The van der Waals surface area contributed by atoms with Crippen molar-refractivity contribution in [3.63, 3.8) is 0 Å². The molecule has 0 N–H and O–H groups in total. The monoisotopic (exact) mass is 339 g/mol. The quantitative estimate of drug-likeness (QED) is 0.249. The summed E-state index contributed by atoms with van der Waals surface area (Å²) in [5.41, 5.74) is 0. The van der Waals surface area contributed by atoms with E-state index in [0.29, 0.717) is 0 Å². The molecule has 1 aromatic heterocycles. The number of halogens is 1. The van der Waals surface area contributed by atoms with E-state index in [1.807, 2.05) is 18.2 Å². The lowest BCUT2D eigenvalue weighted by Crippen LogP contribution is -1.83. The van der Waals surface area contributed by atoms with Crippen LogP contribution in [0.1, 0.15) is 96.8 Å². The van der Waals surface area contributed by atoms with Crippen LogP contribution in [0.2, 0.25) is 0 Å². The van der Waals surface area contributed by atoms with Gasteiger partial charge in [-0.05, 0) is 18.6 Å². The van der Waals surface area contributed by atoms with Crippen LogP contribution in [-0.4, -0.2) is 10.9 Å². The first-order valence-electron chi connectivity index (χ1n) is 9.82. The summed E-state index contributed by atoms with van der Waals surface area (Å²) in [7, 11) is 0. The minimum atomic E-state index is 0.845. The molecule has 0 aliphatic heterocycles. The van der Waals surface area contributed by atoms with Crippen LogP contribution in [0.15, 0.2) is 30.6 Å². The van der Waals surface area contributed by atoms with Crippen LogP contribution in [0.3, 0.4) is 0 Å². The fourth-order valence-electron chi connectivity index (χ4n) is 2.60. The van der Waals surface area contributed by atoms with Crippen LogP contribution in [0, 0.1) is 0 Å². The van der Waals surface area contributed by atoms with Crippen LogP contribution in [0.25, 0.3) is 0 Å². The van der Waals surface area contributed by atoms with Gasteiger partial charge in [-0.2, -0.15) is 0 Å². The van der Waals surface area contributed by atoms with Gasteiger partial charge in [-0.1, -0.05) is 96.5 Å². The molecule has 0 aromatic carbocycles. The molecule has 0 saturated heterocycles. The maximum atomic E-state index is 5.64. The molecule has 0 atom stereocenters. The first-order chi connectivity index (χ1) is 11.4. The summed E-state index contributed by atoms with van der Waals surface area (Å²) in [6.45, 7) is 2.28. The molecule has 1 rings (SSSR count). The summed E-state index contributed by atoms with van der Waals surface area (Å²) in [6.07, 6.45) is 23.3. The van der Waals surface area contributed by atoms with E-state index < -0.39 is 0 Å². The van der Waals surface area contributed by atoms with E-state index in [1.165, 1.54) is 89.9 Å². The number of aromatic nitrogens is 1. The zero-order valence-corrected chi connectivity index (χ0v) is 16.1. The molecule has 0 aliphatic carbocycles. The minimum Gasteiger partial charge on any atom is -0.265 e. The van der Waals surface area contributed by atoms with Gasteiger partial charge >= 0.3 is 0 Å². The summed E-state index contributed by atoms with van der Waals surface area (Å²) in [4.78, 5) is 3.78. The fraction of sp³-hybridized carbons (Fsp3) is 0.762. The summed E-state index contributed by atoms with van der Waals surface area (Å²) in [6, 6.07) is 5.72. The molecule has 0 spiro atoms. The van der Waals surface area contributed by atoms with Crippen molar-refractivity contribution in [2.75, 3.05) is 5.88 Å². The Morgan fingerprint density at radius 2 is 0.957 bits per heavy atom. The van der Waals surface area contributed by atoms with Gasteiger partial charge in [-0.3, -0.25) is 4.98 Å². The maximum Gasteiger partial charge on any atom is 0.0267 e. The lowest BCUT2D eigenvalue weighted by atomic mass is 10.0. The van der Waals surface area contributed by atoms with Crippen molar-refractivity contribution in [3.05, 3.63) is 30.6 Å². The third-order valence-corrected chi connectivity index (χ3v) is 4.32. The van der Waals surface area contributed by atoms with E-state index in [9.17, 15) is 0 Å². The molecule has 1 nitrogen and oxygen atoms in total. The summed E-state index contributed by atoms with van der Waals surface area (Å²) in [5.74, 6) is 0.845. The summed E-state index contributed by atoms with van der Waals surface area (Å²) >= 11 is 5.64. The second-order valence-corrected chi connectivity index (χ2v) is 6.69. The number of pyridine rings is 1. The molecule has 1 aromatic rings. The number of hydrogen-bond acceptors (Lipinski definition) is 1. The predicted molar refractivity (Wildman–Crippen MR) is 105 cm³/mol. The highest BCUT2D eigenvalue weighted by molar-refractivity contribution is 6.17. The Bertz CT molecular complexity index is 248. The van der Waals surface area contributed by atoms with Gasteiger partial charge in [-0.15, -0.1) is 11.6 Å². The second kappa shape index (κ2) is 21.4. The largest absolute Gasteiger partial charge is 0.265 e. The fourth-order valence-corrected chi connectivity index (χ4v) is 2.79. The molecule has 0 fully saturated rings. The molecular weight excluding hydrogens is 302 g/mol. The molecule has 134 valence electrons. The van der Waals surface area contributed by atoms with E-state index in [0.717, 1.165) is 5.88 Å². The first kappa shape index (κ1) is 22.4. The lowest BCUT2D eigenvalue weighted by Gasteiger charge is -2.02. The van der Waals surface area contributed by atoms with Crippen molar-refractivity contribution in [2.24, 2.45) is 0 Å². The van der Waals surface area contributed by atoms with Crippen molar-refractivity contribution in [1.82, 2.24) is 4.98 Å². The van der Waals surface area contributed by atoms with Gasteiger partial charge < -0.3 is 0 Å². The van der Waals surface area contributed by atoms with Crippen LogP contribution in [0.4, 0.5) is 0 Å². The van der Waals surface area contributed by atoms with Gasteiger partial charge in [0.25, 0.3) is 0 Å². The van der Waals surface area contributed by atoms with Gasteiger partial charge in [0.05, 0.1) is 0 Å². The zero-order chi connectivity index (χ0) is 16.8. The zero-order valence-electron chi connectivity index (χ0n) is 15.3. The van der Waals surface area contributed by atoms with E-state index >= 15 is 0 Å². The number of alkyl halides is 1. The van der Waals surface area contributed by atoms with E-state index in [2.05, 4.69) is 11.9 Å². The smallest absolute Gasteiger partial charge is 0.0267 e. The van der Waals surface area contributed by atoms with Crippen molar-refractivity contribution in [1.29, 1.82) is 0 Å². The van der Waals surface area contributed by atoms with Crippen molar-refractivity contribution < 1.29 is 0 Å². The number of nitrogens with zero attached hydrogens (tertiary/aromatic N) is 1. The minimum absolute atomic E-state index is 0.845. The van der Waals surface area contributed by atoms with Crippen molar-refractivity contribution in [3.8, 4) is 0 Å². The average molecular weight is 340 g/mol. The average Bonchev–Trinajstić information content (AvgIpc) is 2.61. The SMILES string of the molecule is CCCCCCCCCCCCCCCCCl.c1ccncc1. The van der Waals surface area contributed by atoms with Crippen LogP contribution >= 0.6 is 11.6 Å². The maximum absolute atomic E-state index is 5.64. The molecular formula is C21H38ClN. The highest BCUT2D eigenvalue weighted by Crippen LogP contribution is 2.12. The van der Waals surface area contributed by atoms with E-state index in [4.69, 9.17) is 11.6 Å². The van der Waals surface area contributed by atoms with Gasteiger partial charge in [0.15, 0.2) is 0 Å². The van der Waals surface area contributed by atoms with E-state index in [-0.39, 0.29) is 0 Å². The molecule has 2 heteroatoms. The molecule has 0 unspecified atom stereocenters. The van der Waals surface area contributed by atoms with E-state index in [1.54, 1.807) is 12.4 Å². The second-order valence-electron chi connectivity index (χ2n) is 6.31. The van der Waals surface area contributed by atoms with Crippen molar-refractivity contribution in [2.45, 2.75) is 96.8 Å². The molecule has 0 aliphatic rings. The molecule has 0 saturated carbocycles. The summed E-state index contributed by atoms with van der Waals surface area (Å²) < 4.78 is 0. The Kier molecular flexibility index (Phi) is 20.9. The predicted octanol–water partition coefficient (Wildman–Crippen LogP) is 7.79. The van der Waals surface area contributed by atoms with Gasteiger partial charge in [0, 0.05) is 18.3 Å². The number of hydrogen-bond donors (Lipinski definition) is 0. The topological polar surface area (TPSA) is 12.9 Å². The third-order valence-electron chi connectivity index (χ3n) is 4.05. The van der Waals surface area contributed by atoms with Crippen molar-refractivity contribution >= 4 is 11.6 Å². The molecule has 23 heavy (non-hydrogen) atoms. The Labute approximate surface area is 150 Å². The van der Waals surface area contributed by atoms with Crippen LogP contribution in [0.5, 0.6) is 0 Å². The third kappa shape index (κ3) is 21.4. The highest BCUT2D eigenvalue weighted by atomic mass is 35.5. The van der Waals surface area contributed by atoms with Crippen LogP contribution < -0.4 is 0 Å². The Morgan fingerprint density at radius 1 is 0.565 bits per heavy atom. The Hall–Kier alpha value is -0.560. The summed E-state index contributed by atoms with van der Waals surface area (Å²) in [5, 5.41) is 0. The molecule has 1 heterocycles.